The van der Waals surface area contributed by atoms with Crippen LogP contribution in [0.1, 0.15) is 26.5 Å². The first-order chi connectivity index (χ1) is 9.63. The highest BCUT2D eigenvalue weighted by Crippen LogP contribution is 2.08. The van der Waals surface area contributed by atoms with E-state index in [4.69, 9.17) is 18.0 Å². The Kier molecular flexibility index (Phi) is 5.76. The second-order valence-electron chi connectivity index (χ2n) is 4.75. The van der Waals surface area contributed by atoms with E-state index in [1.807, 2.05) is 0 Å². The predicted molar refractivity (Wildman–Crippen MR) is 83.2 cm³/mol. The fourth-order valence-electron chi connectivity index (χ4n) is 1.45. The number of nitrogens with zero attached hydrogens (tertiary/aromatic N) is 1. The summed E-state index contributed by atoms with van der Waals surface area (Å²) in [7, 11) is -3.84. The van der Waals surface area contributed by atoms with Crippen LogP contribution in [0.4, 0.5) is 0 Å². The molecule has 1 amide bonds. The van der Waals surface area contributed by atoms with Gasteiger partial charge < -0.3 is 11.1 Å². The molecule has 0 bridgehead atoms. The average Bonchev–Trinajstić information content (AvgIpc) is 2.37. The van der Waals surface area contributed by atoms with Gasteiger partial charge in [-0.2, -0.15) is 4.72 Å². The number of aromatic nitrogens is 1. The van der Waals surface area contributed by atoms with Crippen LogP contribution in [0.5, 0.6) is 0 Å². The lowest BCUT2D eigenvalue weighted by Gasteiger charge is -2.16. The number of carbonyl (C=O) groups excluding carboxylic acids is 1. The number of thiocarbonyl (C=S) groups is 1. The summed E-state index contributed by atoms with van der Waals surface area (Å²) in [6, 6.07) is 1.77. The van der Waals surface area contributed by atoms with Crippen LogP contribution in [0.15, 0.2) is 23.2 Å². The van der Waals surface area contributed by atoms with E-state index in [0.717, 1.165) is 6.20 Å². The molecule has 0 aliphatic rings. The van der Waals surface area contributed by atoms with E-state index < -0.39 is 22.0 Å². The van der Waals surface area contributed by atoms with Gasteiger partial charge in [0.05, 0.1) is 11.7 Å². The van der Waals surface area contributed by atoms with Crippen molar-refractivity contribution in [1.82, 2.24) is 15.0 Å². The van der Waals surface area contributed by atoms with Gasteiger partial charge in [-0.15, -0.1) is 0 Å². The minimum Gasteiger partial charge on any atom is -0.388 e. The highest BCUT2D eigenvalue weighted by atomic mass is 32.2. The van der Waals surface area contributed by atoms with Crippen LogP contribution in [0.3, 0.4) is 0 Å². The second-order valence-corrected chi connectivity index (χ2v) is 6.90. The van der Waals surface area contributed by atoms with Gasteiger partial charge in [0.1, 0.15) is 9.88 Å². The van der Waals surface area contributed by atoms with Gasteiger partial charge in [-0.3, -0.25) is 9.78 Å². The standard InChI is InChI=1S/C12H18N4O3S2/c1-7(2)15-12(17)8(3)16-21(18,19)9-4-5-10(11(13)20)14-6-9/h4-8,16H,1-3H3,(H2,13,20)(H,15,17). The molecule has 1 aromatic heterocycles. The lowest BCUT2D eigenvalue weighted by Crippen LogP contribution is -2.46. The quantitative estimate of drug-likeness (QED) is 0.628. The van der Waals surface area contributed by atoms with Gasteiger partial charge in [-0.25, -0.2) is 8.42 Å². The van der Waals surface area contributed by atoms with Crippen LogP contribution in [-0.2, 0) is 14.8 Å². The van der Waals surface area contributed by atoms with Gasteiger partial charge in [-0.05, 0) is 32.9 Å². The van der Waals surface area contributed by atoms with E-state index in [2.05, 4.69) is 15.0 Å². The SMILES string of the molecule is CC(C)NC(=O)C(C)NS(=O)(=O)c1ccc(C(N)=S)nc1. The summed E-state index contributed by atoms with van der Waals surface area (Å²) in [6.45, 7) is 5.04. The monoisotopic (exact) mass is 330 g/mol. The topological polar surface area (TPSA) is 114 Å². The van der Waals surface area contributed by atoms with Crippen molar-refractivity contribution in [3.8, 4) is 0 Å². The number of pyridine rings is 1. The number of hydrogen-bond acceptors (Lipinski definition) is 5. The highest BCUT2D eigenvalue weighted by molar-refractivity contribution is 7.89. The predicted octanol–water partition coefficient (Wildman–Crippen LogP) is -0.0928. The molecule has 1 atom stereocenters. The fraction of sp³-hybridized carbons (Fsp3) is 0.417. The lowest BCUT2D eigenvalue weighted by molar-refractivity contribution is -0.122. The Labute approximate surface area is 129 Å². The fourth-order valence-corrected chi connectivity index (χ4v) is 2.72. The summed E-state index contributed by atoms with van der Waals surface area (Å²) >= 11 is 4.74. The first kappa shape index (κ1) is 17.5. The maximum atomic E-state index is 12.1. The highest BCUT2D eigenvalue weighted by Gasteiger charge is 2.22. The maximum Gasteiger partial charge on any atom is 0.242 e. The van der Waals surface area contributed by atoms with E-state index in [9.17, 15) is 13.2 Å². The third-order valence-electron chi connectivity index (χ3n) is 2.46. The van der Waals surface area contributed by atoms with Gasteiger partial charge in [-0.1, -0.05) is 12.2 Å². The van der Waals surface area contributed by atoms with Crippen LogP contribution >= 0.6 is 12.2 Å². The average molecular weight is 330 g/mol. The molecule has 7 nitrogen and oxygen atoms in total. The van der Waals surface area contributed by atoms with E-state index in [1.54, 1.807) is 13.8 Å². The van der Waals surface area contributed by atoms with Crippen LogP contribution in [0.2, 0.25) is 0 Å². The Morgan fingerprint density at radius 2 is 1.95 bits per heavy atom. The summed E-state index contributed by atoms with van der Waals surface area (Å²) in [5.74, 6) is -0.402. The largest absolute Gasteiger partial charge is 0.388 e. The molecule has 0 fully saturated rings. The molecule has 0 radical (unpaired) electrons. The Morgan fingerprint density at radius 3 is 2.38 bits per heavy atom. The van der Waals surface area contributed by atoms with Gasteiger partial charge in [0, 0.05) is 12.2 Å². The van der Waals surface area contributed by atoms with E-state index in [0.29, 0.717) is 5.69 Å². The summed E-state index contributed by atoms with van der Waals surface area (Å²) in [4.78, 5) is 15.6. The first-order valence-corrected chi connectivity index (χ1v) is 8.11. The smallest absolute Gasteiger partial charge is 0.242 e. The molecule has 0 aromatic carbocycles. The molecule has 4 N–H and O–H groups in total. The van der Waals surface area contributed by atoms with Crippen molar-refractivity contribution in [2.45, 2.75) is 37.8 Å². The number of amides is 1. The molecule has 0 saturated carbocycles. The van der Waals surface area contributed by atoms with Crippen LogP contribution in [-0.4, -0.2) is 36.4 Å². The number of nitrogens with one attached hydrogen (secondary N) is 2. The maximum absolute atomic E-state index is 12.1. The molecule has 0 spiro atoms. The Bertz CT molecular complexity index is 626. The number of nitrogens with two attached hydrogens (primary N) is 1. The molecule has 1 rings (SSSR count). The van der Waals surface area contributed by atoms with Gasteiger partial charge in [0.15, 0.2) is 0 Å². The molecule has 1 aromatic rings. The van der Waals surface area contributed by atoms with Crippen molar-refractivity contribution in [3.63, 3.8) is 0 Å². The summed E-state index contributed by atoms with van der Waals surface area (Å²) in [6.07, 6.45) is 1.14. The molecule has 116 valence electrons. The summed E-state index contributed by atoms with van der Waals surface area (Å²) in [5, 5.41) is 2.63. The molecular formula is C12H18N4O3S2. The second kappa shape index (κ2) is 6.92. The van der Waals surface area contributed by atoms with Gasteiger partial charge in [0.25, 0.3) is 0 Å². The van der Waals surface area contributed by atoms with Crippen molar-refractivity contribution in [3.05, 3.63) is 24.0 Å². The van der Waals surface area contributed by atoms with Crippen molar-refractivity contribution in [1.29, 1.82) is 0 Å². The zero-order valence-corrected chi connectivity index (χ0v) is 13.6. The molecular weight excluding hydrogens is 312 g/mol. The Morgan fingerprint density at radius 1 is 1.33 bits per heavy atom. The van der Waals surface area contributed by atoms with Gasteiger partial charge in [0.2, 0.25) is 15.9 Å². The molecule has 0 aliphatic heterocycles. The normalized spacial score (nSPS) is 13.0. The molecule has 9 heteroatoms. The Hall–Kier alpha value is -1.58. The van der Waals surface area contributed by atoms with Crippen LogP contribution in [0.25, 0.3) is 0 Å². The van der Waals surface area contributed by atoms with Crippen LogP contribution in [0, 0.1) is 0 Å². The van der Waals surface area contributed by atoms with E-state index >= 15 is 0 Å². The summed E-state index contributed by atoms with van der Waals surface area (Å²) in [5.41, 5.74) is 5.72. The third kappa shape index (κ3) is 5.03. The first-order valence-electron chi connectivity index (χ1n) is 6.22. The third-order valence-corrected chi connectivity index (χ3v) is 4.19. The molecule has 0 saturated heterocycles. The lowest BCUT2D eigenvalue weighted by atomic mass is 10.3. The van der Waals surface area contributed by atoms with Gasteiger partial charge >= 0.3 is 0 Å². The van der Waals surface area contributed by atoms with E-state index in [1.165, 1.54) is 19.1 Å². The molecule has 21 heavy (non-hydrogen) atoms. The van der Waals surface area contributed by atoms with Crippen molar-refractivity contribution >= 4 is 33.1 Å². The number of hydrogen-bond donors (Lipinski definition) is 3. The molecule has 0 aliphatic carbocycles. The molecule has 1 unspecified atom stereocenters. The number of rotatable bonds is 6. The number of sulfonamides is 1. The molecule has 1 heterocycles. The van der Waals surface area contributed by atoms with Crippen LogP contribution < -0.4 is 15.8 Å². The number of carbonyl (C=O) groups is 1. The van der Waals surface area contributed by atoms with Crippen molar-refractivity contribution in [2.75, 3.05) is 0 Å². The zero-order valence-electron chi connectivity index (χ0n) is 12.0. The van der Waals surface area contributed by atoms with E-state index in [-0.39, 0.29) is 15.9 Å². The minimum absolute atomic E-state index is 0.0632. The minimum atomic E-state index is -3.84. The summed E-state index contributed by atoms with van der Waals surface area (Å²) < 4.78 is 26.5. The van der Waals surface area contributed by atoms with Crippen molar-refractivity contribution in [2.24, 2.45) is 5.73 Å². The Balaban J connectivity index is 2.86. The zero-order chi connectivity index (χ0) is 16.2. The van der Waals surface area contributed by atoms with Crippen molar-refractivity contribution < 1.29 is 13.2 Å².